The first-order valence-corrected chi connectivity index (χ1v) is 31.1. The highest BCUT2D eigenvalue weighted by molar-refractivity contribution is 7.47. The number of unbranched alkanes of at least 4 members (excludes halogenated alkanes) is 26. The molecular weight excluding hydrogens is 912 g/mol. The van der Waals surface area contributed by atoms with Crippen LogP contribution < -0.4 is 5.32 Å². The zero-order valence-corrected chi connectivity index (χ0v) is 48.3. The summed E-state index contributed by atoms with van der Waals surface area (Å²) in [5, 5.41) is 13.9. The van der Waals surface area contributed by atoms with E-state index in [1.165, 1.54) is 135 Å². The summed E-state index contributed by atoms with van der Waals surface area (Å²) in [4.78, 5) is 23.3. The Kier molecular flexibility index (Phi) is 51.3. The Labute approximate surface area is 445 Å². The first-order chi connectivity index (χ1) is 35.0. The quantitative estimate of drug-likeness (QED) is 0.0243. The van der Waals surface area contributed by atoms with Gasteiger partial charge in [0, 0.05) is 6.42 Å². The standard InChI is InChI=1S/C63H113N2O6P/c1-6-8-10-12-14-16-18-20-22-24-26-28-30-31-32-33-35-36-38-40-42-44-46-48-50-52-54-56-62(66)61(60-71-72(68,69)70-59-58-65(3,4)5)64-63(67)57-55-53-51-49-47-45-43-41-39-37-34-29-27-25-23-21-19-17-15-13-11-9-7-2/h9,11,15,17,21,23,27,29,37-40,46,48,54,56,61-62,66H,6-8,10,12-14,16,18-20,22,24-26,28,30-36,41-45,47,49-53,55,57-60H2,1-5H3,(H-,64,67,68,69)/p+1/b11-9-,17-15-,23-21-,29-27-,39-37-,40-38+,48-46+,56-54+. The number of hydrogen-bond donors (Lipinski definition) is 3. The lowest BCUT2D eigenvalue weighted by Gasteiger charge is -2.25. The fraction of sp³-hybridized carbons (Fsp3) is 0.730. The van der Waals surface area contributed by atoms with Gasteiger partial charge in [0.1, 0.15) is 13.2 Å². The van der Waals surface area contributed by atoms with Gasteiger partial charge >= 0.3 is 7.82 Å². The van der Waals surface area contributed by atoms with Crippen molar-refractivity contribution in [1.29, 1.82) is 0 Å². The second-order valence-electron chi connectivity index (χ2n) is 21.0. The molecule has 1 amide bonds. The Hall–Kier alpha value is -2.58. The Bertz CT molecular complexity index is 1490. The van der Waals surface area contributed by atoms with E-state index in [0.29, 0.717) is 17.4 Å². The number of quaternary nitrogens is 1. The third-order valence-electron chi connectivity index (χ3n) is 12.8. The van der Waals surface area contributed by atoms with E-state index in [1.54, 1.807) is 6.08 Å². The lowest BCUT2D eigenvalue weighted by Crippen LogP contribution is -2.45. The first-order valence-electron chi connectivity index (χ1n) is 29.6. The van der Waals surface area contributed by atoms with Crippen LogP contribution in [0.3, 0.4) is 0 Å². The molecular formula is C63H114N2O6P+. The lowest BCUT2D eigenvalue weighted by molar-refractivity contribution is -0.870. The molecule has 3 N–H and O–H groups in total. The van der Waals surface area contributed by atoms with Crippen LogP contribution in [0.25, 0.3) is 0 Å². The van der Waals surface area contributed by atoms with Gasteiger partial charge in [0.05, 0.1) is 39.9 Å². The number of phosphoric acid groups is 1. The average molecular weight is 1030 g/mol. The minimum Gasteiger partial charge on any atom is -0.387 e. The van der Waals surface area contributed by atoms with Crippen molar-refractivity contribution < 1.29 is 32.9 Å². The van der Waals surface area contributed by atoms with Gasteiger partial charge in [-0.3, -0.25) is 13.8 Å². The number of phosphoric ester groups is 1. The smallest absolute Gasteiger partial charge is 0.387 e. The monoisotopic (exact) mass is 1030 g/mol. The molecule has 0 aliphatic carbocycles. The van der Waals surface area contributed by atoms with Crippen molar-refractivity contribution in [1.82, 2.24) is 5.32 Å². The fourth-order valence-electron chi connectivity index (χ4n) is 8.16. The van der Waals surface area contributed by atoms with Crippen LogP contribution >= 0.6 is 7.82 Å². The summed E-state index contributed by atoms with van der Waals surface area (Å²) in [6.45, 7) is 4.67. The predicted octanol–water partition coefficient (Wildman–Crippen LogP) is 18.2. The minimum absolute atomic E-state index is 0.0461. The number of carbonyl (C=O) groups is 1. The summed E-state index contributed by atoms with van der Waals surface area (Å²) in [6.07, 6.45) is 76.6. The van der Waals surface area contributed by atoms with E-state index < -0.39 is 20.0 Å². The summed E-state index contributed by atoms with van der Waals surface area (Å²) in [5.41, 5.74) is 0. The molecule has 3 atom stereocenters. The zero-order chi connectivity index (χ0) is 52.7. The van der Waals surface area contributed by atoms with Crippen molar-refractivity contribution in [3.05, 3.63) is 97.2 Å². The van der Waals surface area contributed by atoms with Crippen molar-refractivity contribution in [2.75, 3.05) is 40.9 Å². The minimum atomic E-state index is -4.37. The van der Waals surface area contributed by atoms with Crippen molar-refractivity contribution in [2.24, 2.45) is 0 Å². The Morgan fingerprint density at radius 2 is 0.847 bits per heavy atom. The van der Waals surface area contributed by atoms with Crippen LogP contribution in [-0.2, 0) is 18.4 Å². The molecule has 0 spiro atoms. The zero-order valence-electron chi connectivity index (χ0n) is 47.4. The highest BCUT2D eigenvalue weighted by Crippen LogP contribution is 2.43. The highest BCUT2D eigenvalue weighted by Gasteiger charge is 2.27. The van der Waals surface area contributed by atoms with E-state index in [1.807, 2.05) is 27.2 Å². The third kappa shape index (κ3) is 55.2. The average Bonchev–Trinajstić information content (AvgIpc) is 3.34. The fourth-order valence-corrected chi connectivity index (χ4v) is 8.90. The van der Waals surface area contributed by atoms with Gasteiger partial charge in [-0.15, -0.1) is 0 Å². The van der Waals surface area contributed by atoms with Gasteiger partial charge < -0.3 is 19.8 Å². The van der Waals surface area contributed by atoms with E-state index in [9.17, 15) is 19.4 Å². The van der Waals surface area contributed by atoms with Crippen molar-refractivity contribution >= 4 is 13.7 Å². The summed E-state index contributed by atoms with van der Waals surface area (Å²) in [6, 6.07) is -0.884. The maximum absolute atomic E-state index is 13.0. The van der Waals surface area contributed by atoms with Crippen LogP contribution in [0, 0.1) is 0 Å². The number of aliphatic hydroxyl groups excluding tert-OH is 1. The van der Waals surface area contributed by atoms with E-state index in [2.05, 4.69) is 104 Å². The van der Waals surface area contributed by atoms with E-state index in [-0.39, 0.29) is 19.1 Å². The molecule has 0 aromatic heterocycles. The number of nitrogens with one attached hydrogen (secondary N) is 1. The molecule has 72 heavy (non-hydrogen) atoms. The van der Waals surface area contributed by atoms with Crippen molar-refractivity contribution in [3.63, 3.8) is 0 Å². The van der Waals surface area contributed by atoms with Gasteiger partial charge in [-0.1, -0.05) is 246 Å². The second-order valence-corrected chi connectivity index (χ2v) is 22.4. The van der Waals surface area contributed by atoms with Crippen LogP contribution in [0.2, 0.25) is 0 Å². The summed E-state index contributed by atoms with van der Waals surface area (Å²) >= 11 is 0. The van der Waals surface area contributed by atoms with Crippen molar-refractivity contribution in [2.45, 2.75) is 257 Å². The van der Waals surface area contributed by atoms with Gasteiger partial charge in [0.2, 0.25) is 5.91 Å². The van der Waals surface area contributed by atoms with Crippen molar-refractivity contribution in [3.8, 4) is 0 Å². The molecule has 0 aromatic carbocycles. The van der Waals surface area contributed by atoms with E-state index >= 15 is 0 Å². The molecule has 8 nitrogen and oxygen atoms in total. The van der Waals surface area contributed by atoms with Gasteiger partial charge in [-0.05, 0) is 89.9 Å². The first kappa shape index (κ1) is 69.4. The van der Waals surface area contributed by atoms with Crippen LogP contribution in [-0.4, -0.2) is 73.4 Å². The summed E-state index contributed by atoms with van der Waals surface area (Å²) < 4.78 is 23.7. The van der Waals surface area contributed by atoms with Gasteiger partial charge in [0.25, 0.3) is 0 Å². The number of hydrogen-bond acceptors (Lipinski definition) is 5. The van der Waals surface area contributed by atoms with Gasteiger partial charge in [-0.2, -0.15) is 0 Å². The molecule has 0 aliphatic heterocycles. The number of allylic oxidation sites excluding steroid dienone is 15. The lowest BCUT2D eigenvalue weighted by atomic mass is 10.0. The molecule has 0 saturated carbocycles. The maximum Gasteiger partial charge on any atom is 0.472 e. The maximum atomic E-state index is 13.0. The number of amides is 1. The molecule has 0 saturated heterocycles. The Morgan fingerprint density at radius 1 is 0.486 bits per heavy atom. The predicted molar refractivity (Wildman–Crippen MR) is 313 cm³/mol. The number of rotatable bonds is 53. The Balaban J connectivity index is 4.32. The Morgan fingerprint density at radius 3 is 1.28 bits per heavy atom. The largest absolute Gasteiger partial charge is 0.472 e. The normalized spacial score (nSPS) is 14.6. The van der Waals surface area contributed by atoms with Gasteiger partial charge in [-0.25, -0.2) is 4.57 Å². The molecule has 0 radical (unpaired) electrons. The molecule has 0 heterocycles. The number of carbonyl (C=O) groups excluding carboxylic acids is 1. The summed E-state index contributed by atoms with van der Waals surface area (Å²) in [5.74, 6) is -0.205. The molecule has 0 aromatic rings. The van der Waals surface area contributed by atoms with Crippen LogP contribution in [0.5, 0.6) is 0 Å². The SMILES string of the molecule is CC/C=C\C/C=C\C/C=C\C/C=C\C/C=C\CCCCCCCCCC(=O)NC(COP(=O)(O)OCC[N+](C)(C)C)C(O)/C=C/CC/C=C/CC/C=C/CCCCCCCCCCCCCCCCCCC. The molecule has 416 valence electrons. The number of likely N-dealkylation sites (N-methyl/N-ethyl adjacent to an activating group) is 1. The van der Waals surface area contributed by atoms with Crippen LogP contribution in [0.15, 0.2) is 97.2 Å². The molecule has 0 fully saturated rings. The van der Waals surface area contributed by atoms with Crippen LogP contribution in [0.1, 0.15) is 245 Å². The molecule has 9 heteroatoms. The molecule has 0 rings (SSSR count). The topological polar surface area (TPSA) is 105 Å². The van der Waals surface area contributed by atoms with Gasteiger partial charge in [0.15, 0.2) is 0 Å². The molecule has 3 unspecified atom stereocenters. The van der Waals surface area contributed by atoms with E-state index in [4.69, 9.17) is 9.05 Å². The molecule has 0 bridgehead atoms. The number of nitrogens with zero attached hydrogens (tertiary/aromatic N) is 1. The van der Waals surface area contributed by atoms with Crippen LogP contribution in [0.4, 0.5) is 0 Å². The second kappa shape index (κ2) is 53.3. The summed E-state index contributed by atoms with van der Waals surface area (Å²) in [7, 11) is 1.53. The molecule has 0 aliphatic rings. The third-order valence-corrected chi connectivity index (χ3v) is 13.7. The van der Waals surface area contributed by atoms with E-state index in [0.717, 1.165) is 89.9 Å². The number of aliphatic hydroxyl groups is 1. The highest BCUT2D eigenvalue weighted by atomic mass is 31.2.